The van der Waals surface area contributed by atoms with Crippen LogP contribution < -0.4 is 4.74 Å². The number of rotatable bonds is 23. The zero-order valence-electron chi connectivity index (χ0n) is 24.8. The number of carbonyl (C=O) groups excluding carboxylic acids is 1. The second-order valence-electron chi connectivity index (χ2n) is 10.7. The highest BCUT2D eigenvalue weighted by Crippen LogP contribution is 2.31. The lowest BCUT2D eigenvalue weighted by Crippen LogP contribution is -2.17. The summed E-state index contributed by atoms with van der Waals surface area (Å²) < 4.78 is 11.4. The summed E-state index contributed by atoms with van der Waals surface area (Å²) in [6.07, 6.45) is 16.3. The molecule has 0 bridgehead atoms. The van der Waals surface area contributed by atoms with E-state index in [1.165, 1.54) is 87.3 Å². The first kappa shape index (κ1) is 35.2. The molecule has 1 aliphatic rings. The number of fused-ring (bicyclic) bond motifs is 1. The zero-order valence-corrected chi connectivity index (χ0v) is 27.2. The van der Waals surface area contributed by atoms with Gasteiger partial charge >= 0.3 is 18.1 Å². The Labute approximate surface area is 266 Å². The Morgan fingerprint density at radius 1 is 0.860 bits per heavy atom. The molecule has 0 aliphatic carbocycles. The van der Waals surface area contributed by atoms with Crippen LogP contribution in [0.4, 0.5) is 4.79 Å². The highest BCUT2D eigenvalue weighted by Gasteiger charge is 2.27. The van der Waals surface area contributed by atoms with E-state index in [9.17, 15) is 14.4 Å². The number of thioether (sulfide) groups is 2. The van der Waals surface area contributed by atoms with Crippen molar-refractivity contribution in [1.29, 1.82) is 0 Å². The Hall–Kier alpha value is -2.31. The molecule has 238 valence electrons. The first-order valence-corrected chi connectivity index (χ1v) is 18.4. The average molecular weight is 653 g/mol. The Morgan fingerprint density at radius 2 is 1.49 bits per heavy atom. The normalized spacial score (nSPS) is 14.6. The molecule has 2 heterocycles. The van der Waals surface area contributed by atoms with Crippen molar-refractivity contribution in [2.75, 3.05) is 23.9 Å². The second kappa shape index (κ2) is 20.6. The molecule has 0 amide bonds. The lowest BCUT2D eigenvalue weighted by molar-refractivity contribution is -0.138. The maximum absolute atomic E-state index is 12.1. The highest BCUT2D eigenvalue weighted by molar-refractivity contribution is 8.15. The summed E-state index contributed by atoms with van der Waals surface area (Å²) in [4.78, 5) is 42.5. The van der Waals surface area contributed by atoms with Gasteiger partial charge in [-0.3, -0.25) is 9.79 Å². The summed E-state index contributed by atoms with van der Waals surface area (Å²) in [7, 11) is 0. The average Bonchev–Trinajstić information content (AvgIpc) is 3.63. The molecule has 0 radical (unpaired) electrons. The topological polar surface area (TPSA) is 135 Å². The molecule has 1 aromatic heterocycles. The third kappa shape index (κ3) is 14.3. The minimum absolute atomic E-state index is 0.307. The number of aliphatic imine (C=N–C) groups is 1. The standard InChI is InChI=1S/C31H44N2O7S3/c34-27(35)15-12-10-8-6-4-2-1-3-5-7-9-11-13-19-41-20-14-18-39-31(38)40-23-16-17-24-26(21-23)43-29(32-24)28-33-25(22-42-28)30(36)37/h16-17,21,25H,1-15,18-20,22H2,(H,34,35)(H,36,37)/t25-/m1/s1. The molecule has 43 heavy (non-hydrogen) atoms. The van der Waals surface area contributed by atoms with E-state index in [2.05, 4.69) is 9.98 Å². The SMILES string of the molecule is O=C(O)CCCCCCCCCCCCCCCSCCCOC(=O)Oc1ccc2nc(C3=N[C@@H](C(=O)O)CS3)sc2c1. The molecule has 3 rings (SSSR count). The van der Waals surface area contributed by atoms with Crippen LogP contribution in [0.2, 0.25) is 0 Å². The van der Waals surface area contributed by atoms with Gasteiger partial charge in [0.25, 0.3) is 0 Å². The van der Waals surface area contributed by atoms with E-state index in [-0.39, 0.29) is 0 Å². The Balaban J connectivity index is 1.12. The number of carbonyl (C=O) groups is 3. The van der Waals surface area contributed by atoms with Crippen molar-refractivity contribution in [3.63, 3.8) is 0 Å². The second-order valence-corrected chi connectivity index (χ2v) is 13.9. The van der Waals surface area contributed by atoms with E-state index in [4.69, 9.17) is 19.7 Å². The monoisotopic (exact) mass is 652 g/mol. The van der Waals surface area contributed by atoms with E-state index >= 15 is 0 Å². The number of aliphatic carboxylic acids is 2. The van der Waals surface area contributed by atoms with Crippen molar-refractivity contribution in [3.05, 3.63) is 23.2 Å². The third-order valence-corrected chi connectivity index (χ3v) is 10.4. The smallest absolute Gasteiger partial charge is 0.481 e. The quantitative estimate of drug-likeness (QED) is 0.0684. The van der Waals surface area contributed by atoms with Gasteiger partial charge in [-0.15, -0.1) is 23.1 Å². The fourth-order valence-electron chi connectivity index (χ4n) is 4.65. The van der Waals surface area contributed by atoms with Crippen LogP contribution in [0.15, 0.2) is 23.2 Å². The highest BCUT2D eigenvalue weighted by atomic mass is 32.2. The molecule has 2 aromatic rings. The zero-order chi connectivity index (χ0) is 30.7. The number of hydrogen-bond donors (Lipinski definition) is 2. The predicted molar refractivity (Wildman–Crippen MR) is 176 cm³/mol. The molecule has 1 aromatic carbocycles. The summed E-state index contributed by atoms with van der Waals surface area (Å²) in [5.74, 6) is 1.26. The van der Waals surface area contributed by atoms with Crippen LogP contribution in [-0.4, -0.2) is 68.2 Å². The summed E-state index contributed by atoms with van der Waals surface area (Å²) in [6.45, 7) is 0.325. The summed E-state index contributed by atoms with van der Waals surface area (Å²) >= 11 is 4.68. The van der Waals surface area contributed by atoms with E-state index in [0.717, 1.165) is 47.4 Å². The van der Waals surface area contributed by atoms with Crippen LogP contribution in [0.25, 0.3) is 10.2 Å². The van der Waals surface area contributed by atoms with Gasteiger partial charge in [-0.25, -0.2) is 14.6 Å². The Kier molecular flexibility index (Phi) is 16.9. The van der Waals surface area contributed by atoms with Crippen LogP contribution >= 0.6 is 34.9 Å². The number of unbranched alkanes of at least 4 members (excludes halogenated alkanes) is 12. The lowest BCUT2D eigenvalue weighted by Gasteiger charge is -2.06. The molecule has 0 spiro atoms. The third-order valence-electron chi connectivity index (χ3n) is 7.01. The van der Waals surface area contributed by atoms with Crippen LogP contribution in [0.3, 0.4) is 0 Å². The molecule has 0 saturated heterocycles. The molecule has 1 atom stereocenters. The number of hydrogen-bond acceptors (Lipinski definition) is 10. The minimum Gasteiger partial charge on any atom is -0.481 e. The van der Waals surface area contributed by atoms with Gasteiger partial charge < -0.3 is 19.7 Å². The number of carboxylic acid groups (broad SMARTS) is 2. The van der Waals surface area contributed by atoms with E-state index in [1.807, 2.05) is 11.8 Å². The van der Waals surface area contributed by atoms with Crippen molar-refractivity contribution >= 4 is 68.2 Å². The van der Waals surface area contributed by atoms with Crippen molar-refractivity contribution in [1.82, 2.24) is 4.98 Å². The first-order chi connectivity index (χ1) is 20.9. The lowest BCUT2D eigenvalue weighted by atomic mass is 10.0. The van der Waals surface area contributed by atoms with Gasteiger partial charge in [0.15, 0.2) is 6.04 Å². The van der Waals surface area contributed by atoms with Gasteiger partial charge in [-0.1, -0.05) is 70.6 Å². The Bertz CT molecular complexity index is 1190. The number of thiazole rings is 1. The largest absolute Gasteiger partial charge is 0.513 e. The molecule has 9 nitrogen and oxygen atoms in total. The van der Waals surface area contributed by atoms with E-state index < -0.39 is 24.1 Å². The Morgan fingerprint density at radius 3 is 2.12 bits per heavy atom. The van der Waals surface area contributed by atoms with Gasteiger partial charge in [-0.05, 0) is 42.9 Å². The van der Waals surface area contributed by atoms with Crippen molar-refractivity contribution in [2.24, 2.45) is 4.99 Å². The van der Waals surface area contributed by atoms with Gasteiger partial charge in [-0.2, -0.15) is 11.8 Å². The number of carboxylic acids is 2. The van der Waals surface area contributed by atoms with Crippen LogP contribution in [-0.2, 0) is 14.3 Å². The number of benzene rings is 1. The molecule has 0 saturated carbocycles. The number of ether oxygens (including phenoxy) is 2. The molecule has 0 unspecified atom stereocenters. The van der Waals surface area contributed by atoms with E-state index in [0.29, 0.717) is 34.6 Å². The summed E-state index contributed by atoms with van der Waals surface area (Å²) in [5, 5.41) is 19.1. The fourth-order valence-corrected chi connectivity index (χ4v) is 7.67. The molecule has 0 fully saturated rings. The van der Waals surface area contributed by atoms with Crippen LogP contribution in [0.1, 0.15) is 101 Å². The van der Waals surface area contributed by atoms with Crippen LogP contribution in [0, 0.1) is 0 Å². The van der Waals surface area contributed by atoms with E-state index in [1.54, 1.807) is 18.2 Å². The fraction of sp³-hybridized carbons (Fsp3) is 0.645. The number of aromatic nitrogens is 1. The maximum Gasteiger partial charge on any atom is 0.513 e. The summed E-state index contributed by atoms with van der Waals surface area (Å²) in [5.41, 5.74) is 0.741. The van der Waals surface area contributed by atoms with Crippen molar-refractivity contribution in [2.45, 2.75) is 102 Å². The molecular weight excluding hydrogens is 609 g/mol. The van der Waals surface area contributed by atoms with Crippen molar-refractivity contribution < 1.29 is 34.1 Å². The van der Waals surface area contributed by atoms with Gasteiger partial charge in [0.1, 0.15) is 15.8 Å². The predicted octanol–water partition coefficient (Wildman–Crippen LogP) is 8.43. The van der Waals surface area contributed by atoms with Crippen molar-refractivity contribution in [3.8, 4) is 5.75 Å². The number of nitrogens with zero attached hydrogens (tertiary/aromatic N) is 2. The maximum atomic E-state index is 12.1. The molecule has 2 N–H and O–H groups in total. The van der Waals surface area contributed by atoms with Gasteiger partial charge in [0.05, 0.1) is 16.8 Å². The molecule has 12 heteroatoms. The minimum atomic E-state index is -0.933. The van der Waals surface area contributed by atoms with Crippen LogP contribution in [0.5, 0.6) is 5.75 Å². The first-order valence-electron chi connectivity index (χ1n) is 15.4. The molecular formula is C31H44N2O7S3. The molecule has 1 aliphatic heterocycles. The van der Waals surface area contributed by atoms with Gasteiger partial charge in [0, 0.05) is 18.2 Å². The van der Waals surface area contributed by atoms with Gasteiger partial charge in [0.2, 0.25) is 0 Å². The summed E-state index contributed by atoms with van der Waals surface area (Å²) in [6, 6.07) is 4.44.